The SMILES string of the molecule is Cc1cc(CC(N)CC(C)C)ncn1. The van der Waals surface area contributed by atoms with E-state index in [0.717, 1.165) is 24.2 Å². The third-order valence-electron chi connectivity index (χ3n) is 2.11. The van der Waals surface area contributed by atoms with Crippen LogP contribution in [0, 0.1) is 12.8 Å². The van der Waals surface area contributed by atoms with Gasteiger partial charge in [-0.25, -0.2) is 9.97 Å². The standard InChI is InChI=1S/C11H19N3/c1-8(2)4-10(12)6-11-5-9(3)13-7-14-11/h5,7-8,10H,4,6,12H2,1-3H3. The van der Waals surface area contributed by atoms with Crippen molar-refractivity contribution in [2.24, 2.45) is 11.7 Å². The predicted molar refractivity (Wildman–Crippen MR) is 57.9 cm³/mol. The van der Waals surface area contributed by atoms with Gasteiger partial charge in [0, 0.05) is 23.9 Å². The van der Waals surface area contributed by atoms with E-state index in [4.69, 9.17) is 5.73 Å². The summed E-state index contributed by atoms with van der Waals surface area (Å²) in [5, 5.41) is 0. The van der Waals surface area contributed by atoms with Crippen LogP contribution in [0.2, 0.25) is 0 Å². The van der Waals surface area contributed by atoms with Crippen molar-refractivity contribution in [2.75, 3.05) is 0 Å². The van der Waals surface area contributed by atoms with Gasteiger partial charge in [-0.3, -0.25) is 0 Å². The fourth-order valence-electron chi connectivity index (χ4n) is 1.58. The van der Waals surface area contributed by atoms with Crippen molar-refractivity contribution in [3.05, 3.63) is 23.8 Å². The highest BCUT2D eigenvalue weighted by atomic mass is 14.8. The largest absolute Gasteiger partial charge is 0.327 e. The van der Waals surface area contributed by atoms with Crippen molar-refractivity contribution in [2.45, 2.75) is 39.7 Å². The molecule has 3 heteroatoms. The number of rotatable bonds is 4. The first kappa shape index (κ1) is 11.1. The molecule has 0 saturated carbocycles. The normalized spacial score (nSPS) is 13.2. The molecule has 0 spiro atoms. The van der Waals surface area contributed by atoms with Crippen LogP contribution in [0.3, 0.4) is 0 Å². The van der Waals surface area contributed by atoms with E-state index in [1.54, 1.807) is 6.33 Å². The van der Waals surface area contributed by atoms with Gasteiger partial charge in [0.2, 0.25) is 0 Å². The maximum absolute atomic E-state index is 6.00. The lowest BCUT2D eigenvalue weighted by Crippen LogP contribution is -2.25. The molecule has 0 amide bonds. The zero-order valence-electron chi connectivity index (χ0n) is 9.20. The summed E-state index contributed by atoms with van der Waals surface area (Å²) in [6.07, 6.45) is 3.50. The van der Waals surface area contributed by atoms with E-state index in [0.29, 0.717) is 5.92 Å². The van der Waals surface area contributed by atoms with Crippen LogP contribution in [-0.2, 0) is 6.42 Å². The third-order valence-corrected chi connectivity index (χ3v) is 2.11. The molecule has 1 aromatic heterocycles. The summed E-state index contributed by atoms with van der Waals surface area (Å²) in [5.41, 5.74) is 8.05. The van der Waals surface area contributed by atoms with E-state index in [1.807, 2.05) is 13.0 Å². The minimum absolute atomic E-state index is 0.212. The molecule has 1 rings (SSSR count). The zero-order chi connectivity index (χ0) is 10.6. The van der Waals surface area contributed by atoms with Gasteiger partial charge in [-0.15, -0.1) is 0 Å². The van der Waals surface area contributed by atoms with Gasteiger partial charge in [-0.1, -0.05) is 13.8 Å². The maximum Gasteiger partial charge on any atom is 0.115 e. The zero-order valence-corrected chi connectivity index (χ0v) is 9.20. The Labute approximate surface area is 85.8 Å². The van der Waals surface area contributed by atoms with Crippen LogP contribution < -0.4 is 5.73 Å². The van der Waals surface area contributed by atoms with Crippen molar-refractivity contribution >= 4 is 0 Å². The number of aromatic nitrogens is 2. The second kappa shape index (κ2) is 5.05. The molecule has 78 valence electrons. The topological polar surface area (TPSA) is 51.8 Å². The van der Waals surface area contributed by atoms with Crippen LogP contribution in [0.15, 0.2) is 12.4 Å². The number of nitrogens with two attached hydrogens (primary N) is 1. The molecule has 0 saturated heterocycles. The van der Waals surface area contributed by atoms with Crippen LogP contribution in [0.5, 0.6) is 0 Å². The average Bonchev–Trinajstić information content (AvgIpc) is 2.01. The molecule has 0 radical (unpaired) electrons. The van der Waals surface area contributed by atoms with Gasteiger partial charge in [-0.05, 0) is 25.3 Å². The molecule has 2 N–H and O–H groups in total. The van der Waals surface area contributed by atoms with Crippen molar-refractivity contribution in [3.8, 4) is 0 Å². The number of hydrogen-bond donors (Lipinski definition) is 1. The molecular weight excluding hydrogens is 174 g/mol. The van der Waals surface area contributed by atoms with E-state index in [2.05, 4.69) is 23.8 Å². The molecule has 0 bridgehead atoms. The first-order chi connectivity index (χ1) is 6.58. The van der Waals surface area contributed by atoms with Gasteiger partial charge < -0.3 is 5.73 Å². The van der Waals surface area contributed by atoms with E-state index >= 15 is 0 Å². The van der Waals surface area contributed by atoms with E-state index in [-0.39, 0.29) is 6.04 Å². The number of nitrogens with zero attached hydrogens (tertiary/aromatic N) is 2. The van der Waals surface area contributed by atoms with E-state index < -0.39 is 0 Å². The van der Waals surface area contributed by atoms with Crippen LogP contribution in [0.1, 0.15) is 31.7 Å². The summed E-state index contributed by atoms with van der Waals surface area (Å²) in [7, 11) is 0. The smallest absolute Gasteiger partial charge is 0.115 e. The second-order valence-electron chi connectivity index (χ2n) is 4.24. The van der Waals surface area contributed by atoms with Gasteiger partial charge in [-0.2, -0.15) is 0 Å². The fraction of sp³-hybridized carbons (Fsp3) is 0.636. The molecule has 0 fully saturated rings. The van der Waals surface area contributed by atoms with E-state index in [9.17, 15) is 0 Å². The Morgan fingerprint density at radius 2 is 2.07 bits per heavy atom. The molecule has 1 atom stereocenters. The summed E-state index contributed by atoms with van der Waals surface area (Å²) in [4.78, 5) is 8.25. The maximum atomic E-state index is 6.00. The lowest BCUT2D eigenvalue weighted by atomic mass is 10.0. The van der Waals surface area contributed by atoms with Gasteiger partial charge in [0.25, 0.3) is 0 Å². The predicted octanol–water partition coefficient (Wildman–Crippen LogP) is 1.70. The first-order valence-electron chi connectivity index (χ1n) is 5.11. The highest BCUT2D eigenvalue weighted by Gasteiger charge is 2.07. The lowest BCUT2D eigenvalue weighted by Gasteiger charge is -2.13. The summed E-state index contributed by atoms with van der Waals surface area (Å²) in [6, 6.07) is 2.21. The Balaban J connectivity index is 2.51. The van der Waals surface area contributed by atoms with Crippen LogP contribution in [0.25, 0.3) is 0 Å². The van der Waals surface area contributed by atoms with Gasteiger partial charge in [0.15, 0.2) is 0 Å². The van der Waals surface area contributed by atoms with Crippen LogP contribution >= 0.6 is 0 Å². The van der Waals surface area contributed by atoms with Crippen molar-refractivity contribution in [1.29, 1.82) is 0 Å². The van der Waals surface area contributed by atoms with Gasteiger partial charge in [0.1, 0.15) is 6.33 Å². The molecule has 0 aliphatic carbocycles. The third kappa shape index (κ3) is 3.83. The summed E-state index contributed by atoms with van der Waals surface area (Å²) in [6.45, 7) is 6.34. The Kier molecular flexibility index (Phi) is 4.01. The highest BCUT2D eigenvalue weighted by molar-refractivity contribution is 5.07. The number of hydrogen-bond acceptors (Lipinski definition) is 3. The molecule has 0 aromatic carbocycles. The minimum Gasteiger partial charge on any atom is -0.327 e. The quantitative estimate of drug-likeness (QED) is 0.791. The average molecular weight is 193 g/mol. The fourth-order valence-corrected chi connectivity index (χ4v) is 1.58. The Morgan fingerprint density at radius 3 is 2.64 bits per heavy atom. The van der Waals surface area contributed by atoms with Crippen molar-refractivity contribution < 1.29 is 0 Å². The molecule has 1 heterocycles. The molecule has 0 aliphatic heterocycles. The molecule has 0 aliphatic rings. The Hall–Kier alpha value is -0.960. The lowest BCUT2D eigenvalue weighted by molar-refractivity contribution is 0.490. The van der Waals surface area contributed by atoms with Crippen LogP contribution in [-0.4, -0.2) is 16.0 Å². The van der Waals surface area contributed by atoms with Gasteiger partial charge in [0.05, 0.1) is 0 Å². The Bertz CT molecular complexity index is 284. The van der Waals surface area contributed by atoms with E-state index in [1.165, 1.54) is 0 Å². The van der Waals surface area contributed by atoms with Gasteiger partial charge >= 0.3 is 0 Å². The summed E-state index contributed by atoms with van der Waals surface area (Å²) >= 11 is 0. The Morgan fingerprint density at radius 1 is 1.36 bits per heavy atom. The molecule has 1 unspecified atom stereocenters. The molecule has 14 heavy (non-hydrogen) atoms. The second-order valence-corrected chi connectivity index (χ2v) is 4.24. The minimum atomic E-state index is 0.212. The van der Waals surface area contributed by atoms with Crippen LogP contribution in [0.4, 0.5) is 0 Å². The summed E-state index contributed by atoms with van der Waals surface area (Å²) < 4.78 is 0. The monoisotopic (exact) mass is 193 g/mol. The molecule has 3 nitrogen and oxygen atoms in total. The van der Waals surface area contributed by atoms with Crippen molar-refractivity contribution in [1.82, 2.24) is 9.97 Å². The van der Waals surface area contributed by atoms with Crippen molar-refractivity contribution in [3.63, 3.8) is 0 Å². The molecular formula is C11H19N3. The first-order valence-corrected chi connectivity index (χ1v) is 5.11. The molecule has 1 aromatic rings. The number of aryl methyl sites for hydroxylation is 1. The summed E-state index contributed by atoms with van der Waals surface area (Å²) in [5.74, 6) is 0.646. The highest BCUT2D eigenvalue weighted by Crippen LogP contribution is 2.07.